The third-order valence-corrected chi connectivity index (χ3v) is 5.74. The molecule has 34 heavy (non-hydrogen) atoms. The Morgan fingerprint density at radius 3 is 2.94 bits per heavy atom. The van der Waals surface area contributed by atoms with Crippen molar-refractivity contribution in [3.63, 3.8) is 0 Å². The Morgan fingerprint density at radius 2 is 2.18 bits per heavy atom. The molecule has 0 saturated carbocycles. The van der Waals surface area contributed by atoms with Crippen molar-refractivity contribution in [3.8, 4) is 11.5 Å². The van der Waals surface area contributed by atoms with Crippen molar-refractivity contribution >= 4 is 11.6 Å². The molecule has 4 aromatic rings. The Hall–Kier alpha value is -3.85. The lowest BCUT2D eigenvalue weighted by Crippen LogP contribution is -2.37. The van der Waals surface area contributed by atoms with Gasteiger partial charge in [-0.15, -0.1) is 0 Å². The quantitative estimate of drug-likeness (QED) is 0.374. The first-order valence-electron chi connectivity index (χ1n) is 11.2. The van der Waals surface area contributed by atoms with E-state index in [0.717, 1.165) is 25.0 Å². The predicted molar refractivity (Wildman–Crippen MR) is 123 cm³/mol. The fraction of sp³-hybridized carbons (Fsp3) is 0.320. The van der Waals surface area contributed by atoms with Crippen LogP contribution < -0.4 is 9.47 Å². The van der Waals surface area contributed by atoms with Gasteiger partial charge in [0.25, 0.3) is 5.91 Å². The molecule has 3 aromatic heterocycles. The fourth-order valence-electron chi connectivity index (χ4n) is 4.05. The largest absolute Gasteiger partial charge is 0.493 e. The molecule has 0 spiro atoms. The van der Waals surface area contributed by atoms with Gasteiger partial charge in [0.05, 0.1) is 19.5 Å². The number of carbonyl (C=O) groups excluding carboxylic acids is 1. The standard InChI is InChI=1S/C25H26N4O5/c1-31-22-8-7-18(13-23(22)34-17-20-6-3-12-33-20)15-28(16-19-5-2-11-32-19)25(30)21-14-24-26-9-4-10-29(24)27-21/h3-4,6-10,12-14,19H,2,5,11,15-17H2,1H3/t19-/m0/s1. The molecular formula is C25H26N4O5. The van der Waals surface area contributed by atoms with Crippen LogP contribution in [0.5, 0.6) is 11.5 Å². The molecule has 5 rings (SSSR count). The van der Waals surface area contributed by atoms with E-state index in [1.54, 1.807) is 47.3 Å². The minimum Gasteiger partial charge on any atom is -0.493 e. The van der Waals surface area contributed by atoms with Crippen LogP contribution in [0.25, 0.3) is 5.65 Å². The second-order valence-electron chi connectivity index (χ2n) is 8.13. The van der Waals surface area contributed by atoms with Gasteiger partial charge in [-0.1, -0.05) is 6.07 Å². The second-order valence-corrected chi connectivity index (χ2v) is 8.13. The van der Waals surface area contributed by atoms with Gasteiger partial charge in [-0.2, -0.15) is 5.10 Å². The van der Waals surface area contributed by atoms with E-state index in [1.807, 2.05) is 30.3 Å². The summed E-state index contributed by atoms with van der Waals surface area (Å²) >= 11 is 0. The van der Waals surface area contributed by atoms with Crippen LogP contribution in [-0.2, 0) is 17.9 Å². The number of aromatic nitrogens is 3. The molecule has 0 unspecified atom stereocenters. The third-order valence-electron chi connectivity index (χ3n) is 5.74. The smallest absolute Gasteiger partial charge is 0.274 e. The van der Waals surface area contributed by atoms with Crippen molar-refractivity contribution in [1.82, 2.24) is 19.5 Å². The highest BCUT2D eigenvalue weighted by molar-refractivity contribution is 5.93. The Kier molecular flexibility index (Phi) is 6.44. The van der Waals surface area contributed by atoms with E-state index in [-0.39, 0.29) is 18.6 Å². The molecule has 0 N–H and O–H groups in total. The number of fused-ring (bicyclic) bond motifs is 1. The van der Waals surface area contributed by atoms with Crippen LogP contribution in [0.2, 0.25) is 0 Å². The summed E-state index contributed by atoms with van der Waals surface area (Å²) in [6.07, 6.45) is 6.99. The maximum atomic E-state index is 13.5. The van der Waals surface area contributed by atoms with Crippen molar-refractivity contribution in [3.05, 3.63) is 78.1 Å². The second kappa shape index (κ2) is 9.96. The fourth-order valence-corrected chi connectivity index (χ4v) is 4.05. The molecule has 0 bridgehead atoms. The monoisotopic (exact) mass is 462 g/mol. The Balaban J connectivity index is 1.38. The van der Waals surface area contributed by atoms with E-state index in [0.29, 0.717) is 41.7 Å². The molecule has 1 fully saturated rings. The van der Waals surface area contributed by atoms with Crippen LogP contribution in [-0.4, -0.2) is 51.8 Å². The maximum absolute atomic E-state index is 13.5. The summed E-state index contributed by atoms with van der Waals surface area (Å²) < 4.78 is 24.2. The van der Waals surface area contributed by atoms with Crippen LogP contribution in [0.15, 0.2) is 65.5 Å². The normalized spacial score (nSPS) is 15.5. The summed E-state index contributed by atoms with van der Waals surface area (Å²) in [5, 5.41) is 4.42. The number of nitrogens with zero attached hydrogens (tertiary/aromatic N) is 4. The number of amides is 1. The Bertz CT molecular complexity index is 1210. The van der Waals surface area contributed by atoms with E-state index in [1.165, 1.54) is 0 Å². The lowest BCUT2D eigenvalue weighted by molar-refractivity contribution is 0.0502. The lowest BCUT2D eigenvalue weighted by atomic mass is 10.1. The summed E-state index contributed by atoms with van der Waals surface area (Å²) in [6.45, 7) is 1.85. The zero-order chi connectivity index (χ0) is 23.3. The van der Waals surface area contributed by atoms with E-state index in [2.05, 4.69) is 10.1 Å². The minimum absolute atomic E-state index is 0.00651. The first kappa shape index (κ1) is 22.0. The summed E-state index contributed by atoms with van der Waals surface area (Å²) in [5.74, 6) is 1.73. The van der Waals surface area contributed by atoms with Gasteiger partial charge in [-0.3, -0.25) is 4.79 Å². The molecule has 1 atom stereocenters. The number of hydrogen-bond acceptors (Lipinski definition) is 7. The summed E-state index contributed by atoms with van der Waals surface area (Å²) in [7, 11) is 1.60. The zero-order valence-corrected chi connectivity index (χ0v) is 18.9. The van der Waals surface area contributed by atoms with Crippen LogP contribution in [0, 0.1) is 0 Å². The molecule has 1 amide bonds. The molecule has 9 nitrogen and oxygen atoms in total. The SMILES string of the molecule is COc1ccc(CN(C[C@@H]2CCCO2)C(=O)c2cc3ncccn3n2)cc1OCc1ccco1. The number of hydrogen-bond donors (Lipinski definition) is 0. The highest BCUT2D eigenvalue weighted by Gasteiger charge is 2.26. The molecule has 1 aliphatic heterocycles. The molecule has 1 saturated heterocycles. The molecule has 1 aliphatic rings. The van der Waals surface area contributed by atoms with Crippen molar-refractivity contribution in [2.75, 3.05) is 20.3 Å². The number of ether oxygens (including phenoxy) is 3. The lowest BCUT2D eigenvalue weighted by Gasteiger charge is -2.25. The van der Waals surface area contributed by atoms with E-state index in [9.17, 15) is 4.79 Å². The molecule has 9 heteroatoms. The highest BCUT2D eigenvalue weighted by Crippen LogP contribution is 2.30. The van der Waals surface area contributed by atoms with Gasteiger partial charge in [0.15, 0.2) is 22.8 Å². The van der Waals surface area contributed by atoms with Gasteiger partial charge < -0.3 is 23.5 Å². The van der Waals surface area contributed by atoms with Gasteiger partial charge in [0.1, 0.15) is 12.4 Å². The predicted octanol–water partition coefficient (Wildman–Crippen LogP) is 3.73. The molecule has 0 radical (unpaired) electrons. The van der Waals surface area contributed by atoms with Gasteiger partial charge in [-0.05, 0) is 48.7 Å². The van der Waals surface area contributed by atoms with Crippen molar-refractivity contribution in [2.45, 2.75) is 32.1 Å². The number of furan rings is 1. The van der Waals surface area contributed by atoms with Crippen molar-refractivity contribution < 1.29 is 23.4 Å². The molecule has 0 aliphatic carbocycles. The minimum atomic E-state index is -0.171. The Labute approximate surface area is 196 Å². The topological polar surface area (TPSA) is 91.3 Å². The van der Waals surface area contributed by atoms with Crippen LogP contribution in [0.1, 0.15) is 34.7 Å². The van der Waals surface area contributed by atoms with Gasteiger partial charge >= 0.3 is 0 Å². The van der Waals surface area contributed by atoms with Gasteiger partial charge in [0, 0.05) is 38.2 Å². The van der Waals surface area contributed by atoms with Crippen LogP contribution in [0.3, 0.4) is 0 Å². The van der Waals surface area contributed by atoms with Gasteiger partial charge in [-0.25, -0.2) is 9.50 Å². The van der Waals surface area contributed by atoms with Gasteiger partial charge in [0.2, 0.25) is 0 Å². The maximum Gasteiger partial charge on any atom is 0.274 e. The zero-order valence-electron chi connectivity index (χ0n) is 18.9. The summed E-state index contributed by atoms with van der Waals surface area (Å²) in [4.78, 5) is 19.5. The average molecular weight is 463 g/mol. The van der Waals surface area contributed by atoms with E-state index < -0.39 is 0 Å². The van der Waals surface area contributed by atoms with Crippen molar-refractivity contribution in [1.29, 1.82) is 0 Å². The van der Waals surface area contributed by atoms with Crippen LogP contribution >= 0.6 is 0 Å². The molecule has 176 valence electrons. The third kappa shape index (κ3) is 4.89. The highest BCUT2D eigenvalue weighted by atomic mass is 16.5. The molecular weight excluding hydrogens is 436 g/mol. The van der Waals surface area contributed by atoms with Crippen LogP contribution in [0.4, 0.5) is 0 Å². The molecule has 4 heterocycles. The van der Waals surface area contributed by atoms with E-state index in [4.69, 9.17) is 18.6 Å². The van der Waals surface area contributed by atoms with Crippen molar-refractivity contribution in [2.24, 2.45) is 0 Å². The molecule has 1 aromatic carbocycles. The number of carbonyl (C=O) groups is 1. The summed E-state index contributed by atoms with van der Waals surface area (Å²) in [5.41, 5.74) is 1.88. The number of rotatable bonds is 9. The average Bonchev–Trinajstić information content (AvgIpc) is 3.64. The number of methoxy groups -OCH3 is 1. The first-order valence-corrected chi connectivity index (χ1v) is 11.2. The number of benzene rings is 1. The van der Waals surface area contributed by atoms with E-state index >= 15 is 0 Å². The summed E-state index contributed by atoms with van der Waals surface area (Å²) in [6, 6.07) is 12.8. The first-order chi connectivity index (χ1) is 16.7. The Morgan fingerprint density at radius 1 is 1.24 bits per heavy atom.